The molecule has 0 fully saturated rings. The number of hydrogen-bond acceptors (Lipinski definition) is 4. The van der Waals surface area contributed by atoms with Crippen LogP contribution in [-0.2, 0) is 17.5 Å². The van der Waals surface area contributed by atoms with Crippen LogP contribution in [0.1, 0.15) is 18.1 Å². The molecule has 10 heteroatoms. The average molecular weight is 363 g/mol. The van der Waals surface area contributed by atoms with Crippen LogP contribution < -0.4 is 9.64 Å². The number of nitrogens with zero attached hydrogens (tertiary/aromatic N) is 5. The molecule has 0 spiro atoms. The third-order valence-electron chi connectivity index (χ3n) is 3.77. The van der Waals surface area contributed by atoms with E-state index in [1.807, 2.05) is 0 Å². The van der Waals surface area contributed by atoms with E-state index < -0.39 is 29.6 Å². The third-order valence-corrected chi connectivity index (χ3v) is 3.77. The highest BCUT2D eigenvalue weighted by atomic mass is 19.4. The van der Waals surface area contributed by atoms with Crippen molar-refractivity contribution in [3.63, 3.8) is 0 Å². The molecule has 0 unspecified atom stereocenters. The number of amides is 1. The number of fused-ring (bicyclic) bond motifs is 1. The van der Waals surface area contributed by atoms with Crippen LogP contribution in [0.25, 0.3) is 10.4 Å². The van der Waals surface area contributed by atoms with Crippen molar-refractivity contribution in [2.75, 3.05) is 4.90 Å². The van der Waals surface area contributed by atoms with Gasteiger partial charge in [0.25, 0.3) is 5.91 Å². The maximum atomic E-state index is 13.3. The summed E-state index contributed by atoms with van der Waals surface area (Å²) in [5.74, 6) is -1.53. The van der Waals surface area contributed by atoms with Gasteiger partial charge in [-0.3, -0.25) is 9.69 Å². The second-order valence-electron chi connectivity index (χ2n) is 5.54. The molecule has 0 N–H and O–H groups in total. The summed E-state index contributed by atoms with van der Waals surface area (Å²) in [7, 11) is 0. The number of azide groups is 1. The Labute approximate surface area is 145 Å². The number of carbonyl (C=O) groups excluding carboxylic acids is 1. The molecule has 0 radical (unpaired) electrons. The maximum Gasteiger partial charge on any atom is 0.418 e. The van der Waals surface area contributed by atoms with E-state index in [2.05, 4.69) is 15.0 Å². The molecule has 0 bridgehead atoms. The van der Waals surface area contributed by atoms with E-state index in [1.165, 1.54) is 11.8 Å². The van der Waals surface area contributed by atoms with Gasteiger partial charge in [-0.25, -0.2) is 4.98 Å². The molecule has 26 heavy (non-hydrogen) atoms. The van der Waals surface area contributed by atoms with Crippen molar-refractivity contribution in [3.8, 4) is 5.88 Å². The first-order valence-electron chi connectivity index (χ1n) is 7.50. The fourth-order valence-corrected chi connectivity index (χ4v) is 2.57. The van der Waals surface area contributed by atoms with Gasteiger partial charge in [-0.1, -0.05) is 30.3 Å². The zero-order valence-electron chi connectivity index (χ0n) is 13.4. The molecular weight excluding hydrogens is 351 g/mol. The molecule has 1 aliphatic rings. The zero-order valence-corrected chi connectivity index (χ0v) is 13.4. The lowest BCUT2D eigenvalue weighted by Crippen LogP contribution is -2.44. The fraction of sp³-hybridized carbons (Fsp3) is 0.250. The van der Waals surface area contributed by atoms with Crippen molar-refractivity contribution in [3.05, 3.63) is 58.0 Å². The largest absolute Gasteiger partial charge is 0.463 e. The molecule has 0 saturated carbocycles. The fourth-order valence-electron chi connectivity index (χ4n) is 2.57. The highest BCUT2D eigenvalue weighted by molar-refractivity contribution is 5.99. The molecule has 1 aliphatic heterocycles. The second-order valence-corrected chi connectivity index (χ2v) is 5.54. The van der Waals surface area contributed by atoms with Crippen LogP contribution in [0, 0.1) is 0 Å². The summed E-state index contributed by atoms with van der Waals surface area (Å²) in [5.41, 5.74) is 7.87. The number of benzene rings is 1. The summed E-state index contributed by atoms with van der Waals surface area (Å²) in [6.45, 7) is 1.52. The van der Waals surface area contributed by atoms with Gasteiger partial charge >= 0.3 is 6.18 Å². The lowest BCUT2D eigenvalue weighted by molar-refractivity contribution is -0.137. The maximum absolute atomic E-state index is 13.3. The van der Waals surface area contributed by atoms with Gasteiger partial charge < -0.3 is 4.74 Å². The summed E-state index contributed by atoms with van der Waals surface area (Å²) >= 11 is 0. The van der Waals surface area contributed by atoms with E-state index in [1.54, 1.807) is 30.3 Å². The number of carbonyl (C=O) groups is 1. The number of alkyl halides is 3. The molecule has 1 amide bonds. The molecule has 0 aliphatic carbocycles. The number of hydrogen-bond donors (Lipinski definition) is 0. The smallest absolute Gasteiger partial charge is 0.418 e. The van der Waals surface area contributed by atoms with Crippen LogP contribution >= 0.6 is 0 Å². The predicted molar refractivity (Wildman–Crippen MR) is 85.8 cm³/mol. The Balaban J connectivity index is 2.14. The zero-order chi connectivity index (χ0) is 18.9. The van der Waals surface area contributed by atoms with Crippen molar-refractivity contribution in [2.45, 2.75) is 25.7 Å². The molecule has 1 aromatic heterocycles. The van der Waals surface area contributed by atoms with Gasteiger partial charge in [0.1, 0.15) is 11.5 Å². The second kappa shape index (κ2) is 6.57. The molecule has 134 valence electrons. The summed E-state index contributed by atoms with van der Waals surface area (Å²) < 4.78 is 45.2. The number of aromatic nitrogens is 1. The normalized spacial score (nSPS) is 16.5. The van der Waals surface area contributed by atoms with Crippen molar-refractivity contribution >= 4 is 17.4 Å². The Morgan fingerprint density at radius 3 is 2.65 bits per heavy atom. The van der Waals surface area contributed by atoms with Gasteiger partial charge in [-0.05, 0) is 29.2 Å². The number of rotatable bonds is 3. The van der Waals surface area contributed by atoms with Crippen LogP contribution in [0.3, 0.4) is 0 Å². The van der Waals surface area contributed by atoms with Crippen LogP contribution in [0.5, 0.6) is 5.88 Å². The van der Waals surface area contributed by atoms with E-state index in [9.17, 15) is 18.0 Å². The molecular formula is C16H12F3N5O2. The van der Waals surface area contributed by atoms with E-state index in [0.717, 1.165) is 11.6 Å². The minimum atomic E-state index is -4.81. The van der Waals surface area contributed by atoms with Gasteiger partial charge in [-0.2, -0.15) is 13.2 Å². The van der Waals surface area contributed by atoms with E-state index in [4.69, 9.17) is 10.3 Å². The van der Waals surface area contributed by atoms with Crippen LogP contribution in [-0.4, -0.2) is 17.0 Å². The molecule has 2 heterocycles. The number of pyridine rings is 1. The van der Waals surface area contributed by atoms with Crippen LogP contribution in [0.4, 0.5) is 24.7 Å². The highest BCUT2D eigenvalue weighted by Gasteiger charge is 2.39. The Hall–Kier alpha value is -3.26. The van der Waals surface area contributed by atoms with Crippen molar-refractivity contribution in [2.24, 2.45) is 5.11 Å². The molecule has 0 saturated heterocycles. The highest BCUT2D eigenvalue weighted by Crippen LogP contribution is 2.43. The van der Waals surface area contributed by atoms with Gasteiger partial charge in [-0.15, -0.1) is 0 Å². The number of anilines is 1. The lowest BCUT2D eigenvalue weighted by atomic mass is 10.1. The first-order valence-corrected chi connectivity index (χ1v) is 7.50. The Morgan fingerprint density at radius 2 is 2.04 bits per heavy atom. The summed E-state index contributed by atoms with van der Waals surface area (Å²) in [6.07, 6.45) is -5.75. The van der Waals surface area contributed by atoms with Crippen LogP contribution in [0.15, 0.2) is 41.5 Å². The quantitative estimate of drug-likeness (QED) is 0.461. The van der Waals surface area contributed by atoms with Gasteiger partial charge in [0.2, 0.25) is 5.88 Å². The molecule has 3 rings (SSSR count). The van der Waals surface area contributed by atoms with Crippen molar-refractivity contribution in [1.82, 2.24) is 4.98 Å². The molecule has 2 aromatic rings. The Bertz CT molecular complexity index is 895. The Morgan fingerprint density at radius 1 is 1.35 bits per heavy atom. The Kier molecular flexibility index (Phi) is 4.43. The lowest BCUT2D eigenvalue weighted by Gasteiger charge is -2.33. The number of halogens is 3. The average Bonchev–Trinajstić information content (AvgIpc) is 2.59. The van der Waals surface area contributed by atoms with E-state index in [-0.39, 0.29) is 18.1 Å². The van der Waals surface area contributed by atoms with Crippen LogP contribution in [0.2, 0.25) is 0 Å². The monoisotopic (exact) mass is 363 g/mol. The first kappa shape index (κ1) is 17.6. The summed E-state index contributed by atoms with van der Waals surface area (Å²) in [5, 5.41) is 3.00. The van der Waals surface area contributed by atoms with Crippen molar-refractivity contribution in [1.29, 1.82) is 0 Å². The van der Waals surface area contributed by atoms with Gasteiger partial charge in [0, 0.05) is 4.91 Å². The minimum Gasteiger partial charge on any atom is -0.463 e. The molecule has 1 aromatic carbocycles. The van der Waals surface area contributed by atoms with Gasteiger partial charge in [0.05, 0.1) is 12.1 Å². The van der Waals surface area contributed by atoms with E-state index >= 15 is 0 Å². The minimum absolute atomic E-state index is 0.0558. The summed E-state index contributed by atoms with van der Waals surface area (Å²) in [6, 6.07) is 9.53. The van der Waals surface area contributed by atoms with Crippen molar-refractivity contribution < 1.29 is 22.7 Å². The van der Waals surface area contributed by atoms with Gasteiger partial charge in [0.15, 0.2) is 6.10 Å². The predicted octanol–water partition coefficient (Wildman–Crippen LogP) is 4.36. The molecule has 1 atom stereocenters. The van der Waals surface area contributed by atoms with E-state index in [0.29, 0.717) is 0 Å². The third kappa shape index (κ3) is 3.27. The number of ether oxygens (including phenoxy) is 1. The standard InChI is InChI=1S/C16H12F3N5O2/c1-9-15(25)24(8-10-5-3-2-4-6-10)12-7-11(16(17,18)19)13(22-23-20)21-14(12)26-9/h2-7,9H,8H2,1H3/t9-/m1/s1. The topological polar surface area (TPSA) is 91.2 Å². The molecule has 7 nitrogen and oxygen atoms in total. The SMILES string of the molecule is C[C@H]1Oc2nc(N=[N+]=[N-])c(C(F)(F)F)cc2N(Cc2ccccc2)C1=O. The summed E-state index contributed by atoms with van der Waals surface area (Å²) in [4.78, 5) is 19.7. The first-order chi connectivity index (χ1) is 12.3.